The van der Waals surface area contributed by atoms with Crippen LogP contribution < -0.4 is 0 Å². The van der Waals surface area contributed by atoms with Crippen LogP contribution in [-0.2, 0) is 19.2 Å². The molecule has 0 aromatic carbocycles. The Balaban J connectivity index is 2.68. The van der Waals surface area contributed by atoms with Crippen molar-refractivity contribution in [2.75, 3.05) is 19.8 Å². The van der Waals surface area contributed by atoms with E-state index in [0.29, 0.717) is 6.61 Å². The number of hydrogen-bond donors (Lipinski definition) is 1. The molecule has 0 aromatic heterocycles. The minimum atomic E-state index is -1.61. The predicted molar refractivity (Wildman–Crippen MR) is 45.3 cm³/mol. The summed E-state index contributed by atoms with van der Waals surface area (Å²) < 4.78 is 4.67. The molecule has 14 heavy (non-hydrogen) atoms. The lowest BCUT2D eigenvalue weighted by molar-refractivity contribution is -0.169. The number of carboxylic acids is 1. The van der Waals surface area contributed by atoms with Crippen molar-refractivity contribution in [2.45, 2.75) is 19.4 Å². The molecule has 0 bridgehead atoms. The highest BCUT2D eigenvalue weighted by molar-refractivity contribution is 6.07. The zero-order valence-electron chi connectivity index (χ0n) is 8.15. The van der Waals surface area contributed by atoms with Crippen molar-refractivity contribution in [3.05, 3.63) is 0 Å². The molecule has 1 aliphatic heterocycles. The summed E-state index contributed by atoms with van der Waals surface area (Å²) in [5.41, 5.74) is -1.61. The van der Waals surface area contributed by atoms with Gasteiger partial charge in [-0.15, -0.1) is 0 Å². The summed E-state index contributed by atoms with van der Waals surface area (Å²) in [6, 6.07) is 0. The van der Waals surface area contributed by atoms with Crippen molar-refractivity contribution in [2.24, 2.45) is 0 Å². The summed E-state index contributed by atoms with van der Waals surface area (Å²) in [6.45, 7) is 3.88. The zero-order valence-corrected chi connectivity index (χ0v) is 8.15. The first-order valence-corrected chi connectivity index (χ1v) is 4.40. The Morgan fingerprint density at radius 3 is 2.50 bits per heavy atom. The van der Waals surface area contributed by atoms with Crippen LogP contribution in [0.5, 0.6) is 0 Å². The van der Waals surface area contributed by atoms with Crippen molar-refractivity contribution in [3.63, 3.8) is 0 Å². The molecule has 6 heteroatoms. The number of carbonyl (C=O) groups is 2. The molecule has 0 spiro atoms. The number of esters is 1. The first-order chi connectivity index (χ1) is 6.59. The standard InChI is InChI=1S/C8H13NO5/c1-3-13-7(12)8(6(10)11)5-9(8)14-4-2/h3-5H2,1-2H3,(H,10,11). The summed E-state index contributed by atoms with van der Waals surface area (Å²) in [5.74, 6) is -2.00. The van der Waals surface area contributed by atoms with Crippen molar-refractivity contribution in [3.8, 4) is 0 Å². The monoisotopic (exact) mass is 203 g/mol. The number of carboxylic acid groups (broad SMARTS) is 1. The van der Waals surface area contributed by atoms with Crippen LogP contribution in [-0.4, -0.2) is 47.4 Å². The number of aliphatic carboxylic acids is 1. The highest BCUT2D eigenvalue weighted by atomic mass is 16.7. The second kappa shape index (κ2) is 3.93. The molecule has 0 radical (unpaired) electrons. The van der Waals surface area contributed by atoms with Crippen LogP contribution in [0.4, 0.5) is 0 Å². The minimum Gasteiger partial charge on any atom is -0.479 e. The molecule has 1 fully saturated rings. The van der Waals surface area contributed by atoms with Crippen LogP contribution in [0, 0.1) is 0 Å². The van der Waals surface area contributed by atoms with E-state index in [1.54, 1.807) is 13.8 Å². The molecule has 1 N–H and O–H groups in total. The van der Waals surface area contributed by atoms with Crippen LogP contribution >= 0.6 is 0 Å². The van der Waals surface area contributed by atoms with Crippen molar-refractivity contribution in [1.82, 2.24) is 5.06 Å². The van der Waals surface area contributed by atoms with E-state index in [4.69, 9.17) is 9.94 Å². The Hall–Kier alpha value is -1.14. The number of rotatable bonds is 5. The molecule has 0 amide bonds. The van der Waals surface area contributed by atoms with E-state index in [0.717, 1.165) is 5.06 Å². The third kappa shape index (κ3) is 1.58. The fraction of sp³-hybridized carbons (Fsp3) is 0.750. The SMILES string of the molecule is CCOC(=O)C1(C(=O)O)CN1OCC. The number of ether oxygens (including phenoxy) is 1. The molecular weight excluding hydrogens is 190 g/mol. The van der Waals surface area contributed by atoms with E-state index in [1.807, 2.05) is 0 Å². The topological polar surface area (TPSA) is 75.8 Å². The van der Waals surface area contributed by atoms with Gasteiger partial charge in [-0.25, -0.2) is 9.59 Å². The van der Waals surface area contributed by atoms with Gasteiger partial charge in [-0.2, -0.15) is 5.06 Å². The fourth-order valence-electron chi connectivity index (χ4n) is 1.16. The van der Waals surface area contributed by atoms with Gasteiger partial charge in [0.05, 0.1) is 19.8 Å². The van der Waals surface area contributed by atoms with Gasteiger partial charge in [-0.05, 0) is 13.8 Å². The van der Waals surface area contributed by atoms with Gasteiger partial charge in [-0.3, -0.25) is 4.84 Å². The molecular formula is C8H13NO5. The summed E-state index contributed by atoms with van der Waals surface area (Å²) >= 11 is 0. The summed E-state index contributed by atoms with van der Waals surface area (Å²) in [7, 11) is 0. The molecule has 1 saturated heterocycles. The van der Waals surface area contributed by atoms with Crippen molar-refractivity contribution >= 4 is 11.9 Å². The Labute approximate surface area is 81.3 Å². The van der Waals surface area contributed by atoms with E-state index in [1.165, 1.54) is 0 Å². The highest BCUT2D eigenvalue weighted by Crippen LogP contribution is 2.34. The van der Waals surface area contributed by atoms with Crippen LogP contribution in [0.1, 0.15) is 13.8 Å². The average molecular weight is 203 g/mol. The van der Waals surface area contributed by atoms with Gasteiger partial charge in [0, 0.05) is 0 Å². The molecule has 2 unspecified atom stereocenters. The van der Waals surface area contributed by atoms with Crippen molar-refractivity contribution in [1.29, 1.82) is 0 Å². The largest absolute Gasteiger partial charge is 0.479 e. The Bertz CT molecular complexity index is 254. The van der Waals surface area contributed by atoms with Crippen LogP contribution in [0.15, 0.2) is 0 Å². The third-order valence-corrected chi connectivity index (χ3v) is 1.95. The summed E-state index contributed by atoms with van der Waals surface area (Å²) in [5, 5.41) is 9.99. The second-order valence-electron chi connectivity index (χ2n) is 2.84. The van der Waals surface area contributed by atoms with Crippen LogP contribution in [0.2, 0.25) is 0 Å². The number of hydrogen-bond acceptors (Lipinski definition) is 5. The van der Waals surface area contributed by atoms with Gasteiger partial charge in [0.2, 0.25) is 0 Å². The van der Waals surface area contributed by atoms with Gasteiger partial charge in [0.1, 0.15) is 0 Å². The maximum absolute atomic E-state index is 11.3. The number of hydroxylamine groups is 2. The van der Waals surface area contributed by atoms with Crippen LogP contribution in [0.25, 0.3) is 0 Å². The fourth-order valence-corrected chi connectivity index (χ4v) is 1.16. The Morgan fingerprint density at radius 1 is 1.43 bits per heavy atom. The molecule has 1 aliphatic rings. The molecule has 0 aliphatic carbocycles. The van der Waals surface area contributed by atoms with Gasteiger partial charge < -0.3 is 9.84 Å². The van der Waals surface area contributed by atoms with Crippen molar-refractivity contribution < 1.29 is 24.3 Å². The lowest BCUT2D eigenvalue weighted by Gasteiger charge is -2.10. The molecule has 6 nitrogen and oxygen atoms in total. The second-order valence-corrected chi connectivity index (χ2v) is 2.84. The van der Waals surface area contributed by atoms with E-state index in [9.17, 15) is 9.59 Å². The average Bonchev–Trinajstić information content (AvgIpc) is 2.81. The third-order valence-electron chi connectivity index (χ3n) is 1.95. The van der Waals surface area contributed by atoms with Gasteiger partial charge in [0.25, 0.3) is 5.54 Å². The smallest absolute Gasteiger partial charge is 0.342 e. The molecule has 0 aromatic rings. The number of carbonyl (C=O) groups excluding carboxylic acids is 1. The molecule has 0 saturated carbocycles. The maximum atomic E-state index is 11.3. The number of nitrogens with zero attached hydrogens (tertiary/aromatic N) is 1. The molecule has 80 valence electrons. The zero-order chi connectivity index (χ0) is 10.8. The van der Waals surface area contributed by atoms with Gasteiger partial charge in [0.15, 0.2) is 0 Å². The molecule has 1 rings (SSSR count). The van der Waals surface area contributed by atoms with E-state index < -0.39 is 17.5 Å². The Kier molecular flexibility index (Phi) is 3.07. The lowest BCUT2D eigenvalue weighted by atomic mass is 10.2. The molecule has 1 heterocycles. The summed E-state index contributed by atoms with van der Waals surface area (Å²) in [4.78, 5) is 27.1. The normalized spacial score (nSPS) is 29.7. The van der Waals surface area contributed by atoms with E-state index in [2.05, 4.69) is 4.74 Å². The maximum Gasteiger partial charge on any atom is 0.342 e. The van der Waals surface area contributed by atoms with Gasteiger partial charge in [-0.1, -0.05) is 0 Å². The first kappa shape index (κ1) is 10.9. The predicted octanol–water partition coefficient (Wildman–Crippen LogP) is -0.360. The quantitative estimate of drug-likeness (QED) is 0.373. The van der Waals surface area contributed by atoms with E-state index in [-0.39, 0.29) is 13.2 Å². The minimum absolute atomic E-state index is 0.0506. The Morgan fingerprint density at radius 2 is 2.07 bits per heavy atom. The van der Waals surface area contributed by atoms with Gasteiger partial charge >= 0.3 is 11.9 Å². The van der Waals surface area contributed by atoms with Crippen LogP contribution in [0.3, 0.4) is 0 Å². The highest BCUT2D eigenvalue weighted by Gasteiger charge is 2.68. The lowest BCUT2D eigenvalue weighted by Crippen LogP contribution is -2.40. The summed E-state index contributed by atoms with van der Waals surface area (Å²) in [6.07, 6.45) is 0. The first-order valence-electron chi connectivity index (χ1n) is 4.40. The van der Waals surface area contributed by atoms with E-state index >= 15 is 0 Å². The molecule has 2 atom stereocenters.